The Bertz CT molecular complexity index is 492. The number of nitrogens with zero attached hydrogens (tertiary/aromatic N) is 1. The van der Waals surface area contributed by atoms with Gasteiger partial charge in [-0.25, -0.2) is 4.39 Å². The molecule has 0 unspecified atom stereocenters. The number of anilines is 1. The number of halogens is 1. The summed E-state index contributed by atoms with van der Waals surface area (Å²) in [5, 5.41) is 20.6. The van der Waals surface area contributed by atoms with Gasteiger partial charge in [0.25, 0.3) is 0 Å². The molecule has 0 aliphatic heterocycles. The Morgan fingerprint density at radius 3 is 2.78 bits per heavy atom. The first-order valence-electron chi connectivity index (χ1n) is 5.54. The summed E-state index contributed by atoms with van der Waals surface area (Å²) in [6.45, 7) is 3.67. The van der Waals surface area contributed by atoms with Crippen molar-refractivity contribution >= 4 is 11.7 Å². The molecular formula is C13H15FN2O2. The van der Waals surface area contributed by atoms with Crippen LogP contribution >= 0.6 is 0 Å². The van der Waals surface area contributed by atoms with Crippen molar-refractivity contribution < 1.29 is 14.3 Å². The van der Waals surface area contributed by atoms with Gasteiger partial charge in [-0.3, -0.25) is 4.79 Å². The van der Waals surface area contributed by atoms with Crippen LogP contribution in [0.1, 0.15) is 32.3 Å². The second-order valence-electron chi connectivity index (χ2n) is 4.70. The van der Waals surface area contributed by atoms with Crippen LogP contribution in [-0.2, 0) is 4.79 Å². The first-order valence-corrected chi connectivity index (χ1v) is 5.54. The molecule has 0 saturated heterocycles. The van der Waals surface area contributed by atoms with E-state index in [-0.39, 0.29) is 12.0 Å². The summed E-state index contributed by atoms with van der Waals surface area (Å²) < 4.78 is 13.0. The summed E-state index contributed by atoms with van der Waals surface area (Å²) in [5.74, 6) is -1.34. The third kappa shape index (κ3) is 4.06. The topological polar surface area (TPSA) is 73.1 Å². The average Bonchev–Trinajstić information content (AvgIpc) is 2.29. The number of nitriles is 1. The maximum Gasteiger partial charge on any atom is 0.303 e. The van der Waals surface area contributed by atoms with Crippen molar-refractivity contribution in [3.63, 3.8) is 0 Å². The minimum atomic E-state index is -0.871. The first-order chi connectivity index (χ1) is 8.34. The Kier molecular flexibility index (Phi) is 4.27. The lowest BCUT2D eigenvalue weighted by Crippen LogP contribution is -2.31. The van der Waals surface area contributed by atoms with E-state index in [4.69, 9.17) is 10.4 Å². The molecule has 0 aromatic heterocycles. The summed E-state index contributed by atoms with van der Waals surface area (Å²) in [6.07, 6.45) is 0.438. The Morgan fingerprint density at radius 2 is 2.22 bits per heavy atom. The third-order valence-electron chi connectivity index (χ3n) is 2.54. The monoisotopic (exact) mass is 250 g/mol. The minimum Gasteiger partial charge on any atom is -0.481 e. The largest absolute Gasteiger partial charge is 0.481 e. The minimum absolute atomic E-state index is 0.0308. The number of carboxylic acid groups (broad SMARTS) is 1. The van der Waals surface area contributed by atoms with Gasteiger partial charge in [-0.05, 0) is 38.5 Å². The molecule has 5 heteroatoms. The van der Waals surface area contributed by atoms with Crippen molar-refractivity contribution in [2.45, 2.75) is 32.2 Å². The molecule has 18 heavy (non-hydrogen) atoms. The van der Waals surface area contributed by atoms with E-state index in [0.717, 1.165) is 6.07 Å². The van der Waals surface area contributed by atoms with Crippen LogP contribution in [-0.4, -0.2) is 16.6 Å². The van der Waals surface area contributed by atoms with Gasteiger partial charge in [0.2, 0.25) is 0 Å². The Hall–Kier alpha value is -2.09. The summed E-state index contributed by atoms with van der Waals surface area (Å²) in [7, 11) is 0. The molecular weight excluding hydrogens is 235 g/mol. The lowest BCUT2D eigenvalue weighted by molar-refractivity contribution is -0.137. The number of hydrogen-bond donors (Lipinski definition) is 2. The highest BCUT2D eigenvalue weighted by molar-refractivity contribution is 5.67. The van der Waals surface area contributed by atoms with E-state index >= 15 is 0 Å². The number of hydrogen-bond acceptors (Lipinski definition) is 3. The van der Waals surface area contributed by atoms with Crippen LogP contribution < -0.4 is 5.32 Å². The van der Waals surface area contributed by atoms with E-state index in [1.165, 1.54) is 12.1 Å². The molecule has 0 saturated carbocycles. The molecule has 0 heterocycles. The standard InChI is InChI=1S/C13H15FN2O2/c1-13(2,6-5-12(17)18)16-11-4-3-10(14)7-9(11)8-15/h3-4,7,16H,5-6H2,1-2H3,(H,17,18). The number of nitrogens with one attached hydrogen (secondary N) is 1. The van der Waals surface area contributed by atoms with Gasteiger partial charge in [0.1, 0.15) is 11.9 Å². The van der Waals surface area contributed by atoms with Crippen LogP contribution in [0.5, 0.6) is 0 Å². The molecule has 0 aliphatic rings. The fraction of sp³-hybridized carbons (Fsp3) is 0.385. The summed E-state index contributed by atoms with van der Waals surface area (Å²) in [6, 6.07) is 5.80. The molecule has 4 nitrogen and oxygen atoms in total. The normalized spacial score (nSPS) is 10.8. The van der Waals surface area contributed by atoms with Crippen LogP contribution in [0.3, 0.4) is 0 Å². The molecule has 1 aromatic rings. The number of benzene rings is 1. The van der Waals surface area contributed by atoms with E-state index in [1.54, 1.807) is 0 Å². The van der Waals surface area contributed by atoms with Gasteiger partial charge < -0.3 is 10.4 Å². The zero-order valence-electron chi connectivity index (χ0n) is 10.3. The number of rotatable bonds is 5. The van der Waals surface area contributed by atoms with Crippen molar-refractivity contribution in [2.24, 2.45) is 0 Å². The zero-order valence-corrected chi connectivity index (χ0v) is 10.3. The molecule has 0 fully saturated rings. The van der Waals surface area contributed by atoms with Crippen LogP contribution in [0.2, 0.25) is 0 Å². The molecule has 0 radical (unpaired) electrons. The summed E-state index contributed by atoms with van der Waals surface area (Å²) >= 11 is 0. The van der Waals surface area contributed by atoms with Gasteiger partial charge in [-0.15, -0.1) is 0 Å². The van der Waals surface area contributed by atoms with E-state index < -0.39 is 17.3 Å². The van der Waals surface area contributed by atoms with Crippen LogP contribution in [0.4, 0.5) is 10.1 Å². The number of aliphatic carboxylic acids is 1. The van der Waals surface area contributed by atoms with Crippen molar-refractivity contribution in [1.29, 1.82) is 5.26 Å². The first kappa shape index (κ1) is 14.0. The van der Waals surface area contributed by atoms with E-state index in [0.29, 0.717) is 12.1 Å². The second kappa shape index (κ2) is 5.50. The molecule has 0 bridgehead atoms. The quantitative estimate of drug-likeness (QED) is 0.842. The SMILES string of the molecule is CC(C)(CCC(=O)O)Nc1ccc(F)cc1C#N. The van der Waals surface area contributed by atoms with Gasteiger partial charge in [-0.1, -0.05) is 0 Å². The highest BCUT2D eigenvalue weighted by atomic mass is 19.1. The summed E-state index contributed by atoms with van der Waals surface area (Å²) in [5.41, 5.74) is 0.231. The highest BCUT2D eigenvalue weighted by Gasteiger charge is 2.20. The van der Waals surface area contributed by atoms with Crippen molar-refractivity contribution in [3.8, 4) is 6.07 Å². The van der Waals surface area contributed by atoms with Crippen molar-refractivity contribution in [3.05, 3.63) is 29.6 Å². The molecule has 0 atom stereocenters. The Labute approximate surface area is 105 Å². The summed E-state index contributed by atoms with van der Waals surface area (Å²) in [4.78, 5) is 10.5. The van der Waals surface area contributed by atoms with Gasteiger partial charge in [0.15, 0.2) is 0 Å². The molecule has 96 valence electrons. The number of carboxylic acids is 1. The highest BCUT2D eigenvalue weighted by Crippen LogP contribution is 2.23. The molecule has 0 amide bonds. The molecule has 0 aliphatic carbocycles. The molecule has 1 rings (SSSR count). The smallest absolute Gasteiger partial charge is 0.303 e. The average molecular weight is 250 g/mol. The van der Waals surface area contributed by atoms with E-state index in [1.807, 2.05) is 19.9 Å². The number of carbonyl (C=O) groups is 1. The second-order valence-corrected chi connectivity index (χ2v) is 4.70. The van der Waals surface area contributed by atoms with Gasteiger partial charge in [0, 0.05) is 12.0 Å². The molecule has 0 spiro atoms. The molecule has 2 N–H and O–H groups in total. The van der Waals surface area contributed by atoms with Crippen molar-refractivity contribution in [2.75, 3.05) is 5.32 Å². The predicted octanol–water partition coefficient (Wildman–Crippen LogP) is 2.75. The molecule has 1 aromatic carbocycles. The third-order valence-corrected chi connectivity index (χ3v) is 2.54. The van der Waals surface area contributed by atoms with Crippen LogP contribution in [0.25, 0.3) is 0 Å². The maximum absolute atomic E-state index is 13.0. The lowest BCUT2D eigenvalue weighted by atomic mass is 9.97. The zero-order chi connectivity index (χ0) is 13.8. The van der Waals surface area contributed by atoms with Crippen LogP contribution in [0, 0.1) is 17.1 Å². The van der Waals surface area contributed by atoms with Crippen LogP contribution in [0.15, 0.2) is 18.2 Å². The maximum atomic E-state index is 13.0. The van der Waals surface area contributed by atoms with Gasteiger partial charge >= 0.3 is 5.97 Å². The Morgan fingerprint density at radius 1 is 1.56 bits per heavy atom. The van der Waals surface area contributed by atoms with Crippen molar-refractivity contribution in [1.82, 2.24) is 0 Å². The Balaban J connectivity index is 2.83. The van der Waals surface area contributed by atoms with E-state index in [2.05, 4.69) is 5.32 Å². The lowest BCUT2D eigenvalue weighted by Gasteiger charge is -2.27. The predicted molar refractivity (Wildman–Crippen MR) is 65.7 cm³/mol. The van der Waals surface area contributed by atoms with Gasteiger partial charge in [0.05, 0.1) is 11.3 Å². The van der Waals surface area contributed by atoms with Gasteiger partial charge in [-0.2, -0.15) is 5.26 Å². The fourth-order valence-corrected chi connectivity index (χ4v) is 1.56. The van der Waals surface area contributed by atoms with E-state index in [9.17, 15) is 9.18 Å². The fourth-order valence-electron chi connectivity index (χ4n) is 1.56.